The van der Waals surface area contributed by atoms with Crippen molar-refractivity contribution in [2.24, 2.45) is 114 Å². The van der Waals surface area contributed by atoms with E-state index in [1.165, 1.54) is 159 Å². The molecule has 0 saturated heterocycles. The lowest BCUT2D eigenvalue weighted by Gasteiger charge is -2.44. The number of unbranched alkanes of at least 4 members (excludes halogenated alkanes) is 4. The first-order valence-electron chi connectivity index (χ1n) is 58.1. The maximum atomic E-state index is 13.1. The van der Waals surface area contributed by atoms with Gasteiger partial charge in [0, 0.05) is 23.0 Å². The number of hydrogen-bond donors (Lipinski definition) is 10. The predicted octanol–water partition coefficient (Wildman–Crippen LogP) is 26.5. The number of hydrogen-bond acceptors (Lipinski definition) is 20. The van der Waals surface area contributed by atoms with Crippen LogP contribution in [-0.2, 0) is 28.8 Å². The maximum absolute atomic E-state index is 13.1. The SMILES string of the molecule is C=C1[C@H](O)CC(=C/C=C2\CCC[C@]3(C)[C@@H]([C@@H](C)/C=C/C(=O)C4(C(=O)SCCCC)CC4)CC[C@@H]23)C[C@H]1O.C=C1[C@H](O)CC(=C/C=C2\CCC[C@]3(C)[C@@H]([C@@H](C)/C=C/[C@@H](O)C4(C(=O)SCCCC)CC4)CC[C@@H]23)C[C@H]1O.C=C1[C@H](O)CC(=C/C=C2\CCC[C@]3(C)[C@@H]([C@H](C)/C=C/C(=O)C4(C(=O)SCCCC)CC4)CC[C@@H]23)C[C@H]1O.C=C1[C@H](O)CC(=C/C=C2\CCC[C@]3(C)[C@@H]([C@H](C)/C=C/[C@@H](O)C4(C(=O)SCCCC)CC4)CC[C@@H]23)C[C@H]1O. The van der Waals surface area contributed by atoms with E-state index in [0.717, 1.165) is 161 Å². The van der Waals surface area contributed by atoms with Crippen molar-refractivity contribution in [3.63, 3.8) is 0 Å². The van der Waals surface area contributed by atoms with Crippen molar-refractivity contribution in [1.82, 2.24) is 0 Å². The van der Waals surface area contributed by atoms with E-state index in [1.54, 1.807) is 12.2 Å². The number of rotatable bonds is 36. The zero-order chi connectivity index (χ0) is 107. The van der Waals surface area contributed by atoms with Gasteiger partial charge in [-0.25, -0.2) is 0 Å². The molecule has 0 radical (unpaired) electrons. The molecule has 0 aromatic carbocycles. The minimum absolute atomic E-state index is 0.0171. The van der Waals surface area contributed by atoms with Gasteiger partial charge in [0.2, 0.25) is 10.2 Å². The van der Waals surface area contributed by atoms with E-state index in [-0.39, 0.29) is 53.7 Å². The quantitative estimate of drug-likeness (QED) is 0.0121. The lowest BCUT2D eigenvalue weighted by atomic mass is 9.61. The minimum Gasteiger partial charge on any atom is -0.388 e. The second-order valence-electron chi connectivity index (χ2n) is 49.7. The molecule has 20 heteroatoms. The van der Waals surface area contributed by atoms with Gasteiger partial charge in [-0.05, 0) is 384 Å². The van der Waals surface area contributed by atoms with Crippen molar-refractivity contribution in [1.29, 1.82) is 0 Å². The van der Waals surface area contributed by atoms with E-state index >= 15 is 0 Å². The van der Waals surface area contributed by atoms with Crippen LogP contribution < -0.4 is 0 Å². The Hall–Kier alpha value is -5.14. The third-order valence-corrected chi connectivity index (χ3v) is 44.5. The Bertz CT molecular complexity index is 4730. The van der Waals surface area contributed by atoms with Crippen LogP contribution in [0.3, 0.4) is 0 Å². The molecule has 0 heterocycles. The summed E-state index contributed by atoms with van der Waals surface area (Å²) in [5.74, 6) is 9.03. The van der Waals surface area contributed by atoms with Crippen LogP contribution in [0.4, 0.5) is 0 Å². The molecule has 16 fully saturated rings. The highest BCUT2D eigenvalue weighted by molar-refractivity contribution is 8.14. The topological polar surface area (TPSA) is 305 Å². The number of allylic oxidation sites excluding steroid dienone is 18. The molecule has 16 nitrogen and oxygen atoms in total. The Morgan fingerprint density at radius 1 is 0.304 bits per heavy atom. The van der Waals surface area contributed by atoms with Gasteiger partial charge in [0.05, 0.1) is 71.9 Å². The number of ketones is 2. The van der Waals surface area contributed by atoms with Crippen LogP contribution in [0, 0.1) is 114 Å². The fraction of sp³-hybridized carbons (Fsp3) is 0.703. The van der Waals surface area contributed by atoms with Crippen molar-refractivity contribution in [3.05, 3.63) is 190 Å². The van der Waals surface area contributed by atoms with E-state index in [9.17, 15) is 79.8 Å². The summed E-state index contributed by atoms with van der Waals surface area (Å²) in [5.41, 5.74) is 10.9. The molecule has 16 saturated carbocycles. The Balaban J connectivity index is 0.000000165. The predicted molar refractivity (Wildman–Crippen MR) is 610 cm³/mol. The van der Waals surface area contributed by atoms with Gasteiger partial charge in [-0.1, -0.05) is 312 Å². The molecule has 0 bridgehead atoms. The fourth-order valence-electron chi connectivity index (χ4n) is 29.2. The molecule has 148 heavy (non-hydrogen) atoms. The van der Waals surface area contributed by atoms with Crippen molar-refractivity contribution in [2.45, 2.75) is 427 Å². The largest absolute Gasteiger partial charge is 0.388 e. The third-order valence-electron chi connectivity index (χ3n) is 39.9. The molecule has 0 aliphatic heterocycles. The average Bonchev–Trinajstić information content (AvgIpc) is 1.76. The zero-order valence-corrected chi connectivity index (χ0v) is 95.5. The highest BCUT2D eigenvalue weighted by Gasteiger charge is 2.61. The first kappa shape index (κ1) is 120. The Morgan fingerprint density at radius 3 is 0.730 bits per heavy atom. The van der Waals surface area contributed by atoms with Crippen molar-refractivity contribution in [3.8, 4) is 0 Å². The first-order valence-corrected chi connectivity index (χ1v) is 62.0. The molecule has 820 valence electrons. The average molecular weight is 2110 g/mol. The van der Waals surface area contributed by atoms with Crippen LogP contribution in [0.2, 0.25) is 0 Å². The summed E-state index contributed by atoms with van der Waals surface area (Å²) < 4.78 is 0. The smallest absolute Gasteiger partial charge is 0.202 e. The molecule has 0 unspecified atom stereocenters. The monoisotopic (exact) mass is 2110 g/mol. The molecule has 0 aromatic rings. The molecule has 16 aliphatic rings. The number of aliphatic hydroxyl groups is 10. The molecule has 16 aliphatic carbocycles. The molecule has 0 aromatic heterocycles. The van der Waals surface area contributed by atoms with Gasteiger partial charge in [0.1, 0.15) is 10.8 Å². The van der Waals surface area contributed by atoms with Gasteiger partial charge in [-0.15, -0.1) is 0 Å². The number of carbonyl (C=O) groups excluding carboxylic acids is 6. The maximum Gasteiger partial charge on any atom is 0.202 e. The van der Waals surface area contributed by atoms with Crippen LogP contribution >= 0.6 is 47.0 Å². The standard InChI is InChI=1S/2C32H48O4S.2C32H46O4S/c4*1-5-6-18-37-30(36)32(16-17-32)29(35)14-9-21(2)25-12-13-26-24(8-7-15-31(25,26)4)11-10-23-19-27(33)22(3)28(34)20-23/h2*9-11,14,21,25-29,33-35H,3,5-8,12-13,15-20H2,1-2,4H3;2*9-11,14,21,25-28,33-34H,3,5-8,12-13,15-20H2,1-2,4H3/b4*14-9+,24-11+/t21-,25+,26-,27+,28+,29+,31+;21-,25-,26+,27-,28-,29-,31-;21-,25+,26-,27+,28+,31+;21-,25-,26+,27-,28-,31-/m0101/s1. The van der Waals surface area contributed by atoms with Crippen LogP contribution in [-0.4, -0.2) is 167 Å². The van der Waals surface area contributed by atoms with Crippen molar-refractivity contribution >= 4 is 79.1 Å². The van der Waals surface area contributed by atoms with Crippen LogP contribution in [0.25, 0.3) is 0 Å². The summed E-state index contributed by atoms with van der Waals surface area (Å²) in [6.45, 7) is 42.7. The fourth-order valence-corrected chi connectivity index (χ4v) is 34.1. The van der Waals surface area contributed by atoms with Crippen LogP contribution in [0.5, 0.6) is 0 Å². The van der Waals surface area contributed by atoms with E-state index < -0.39 is 82.7 Å². The summed E-state index contributed by atoms with van der Waals surface area (Å²) >= 11 is 5.53. The summed E-state index contributed by atoms with van der Waals surface area (Å²) in [5, 5.41) is 104. The summed E-state index contributed by atoms with van der Waals surface area (Å²) in [4.78, 5) is 77.1. The van der Waals surface area contributed by atoms with Gasteiger partial charge in [0.25, 0.3) is 0 Å². The van der Waals surface area contributed by atoms with Gasteiger partial charge in [0.15, 0.2) is 21.8 Å². The van der Waals surface area contributed by atoms with Crippen LogP contribution in [0.15, 0.2) is 190 Å². The number of fused-ring (bicyclic) bond motifs is 4. The highest BCUT2D eigenvalue weighted by Crippen LogP contribution is 2.66. The highest BCUT2D eigenvalue weighted by atomic mass is 32.2. The Labute approximate surface area is 906 Å². The summed E-state index contributed by atoms with van der Waals surface area (Å²) in [6, 6.07) is 0. The van der Waals surface area contributed by atoms with Crippen molar-refractivity contribution < 1.29 is 79.8 Å². The third kappa shape index (κ3) is 27.8. The van der Waals surface area contributed by atoms with Gasteiger partial charge < -0.3 is 51.1 Å². The number of thioether (sulfide) groups is 4. The molecule has 0 spiro atoms. The summed E-state index contributed by atoms with van der Waals surface area (Å²) in [6.07, 6.45) is 69.5. The molecule has 10 N–H and O–H groups in total. The van der Waals surface area contributed by atoms with E-state index in [2.05, 4.69) is 182 Å². The van der Waals surface area contributed by atoms with Gasteiger partial charge in [-0.3, -0.25) is 28.8 Å². The molecule has 26 atom stereocenters. The second kappa shape index (κ2) is 52.8. The second-order valence-corrected chi connectivity index (χ2v) is 54.0. The van der Waals surface area contributed by atoms with Crippen LogP contribution in [0.1, 0.15) is 366 Å². The van der Waals surface area contributed by atoms with Gasteiger partial charge in [-0.2, -0.15) is 0 Å². The normalized spacial score (nSPS) is 35.5. The minimum atomic E-state index is -0.738. The zero-order valence-electron chi connectivity index (χ0n) is 92.3. The summed E-state index contributed by atoms with van der Waals surface area (Å²) in [7, 11) is 0. The molecular formula is C128H188O16S4. The Morgan fingerprint density at radius 2 is 0.520 bits per heavy atom. The molecule has 0 amide bonds. The first-order chi connectivity index (χ1) is 70.5. The van der Waals surface area contributed by atoms with Gasteiger partial charge >= 0.3 is 0 Å². The lowest BCUT2D eigenvalue weighted by molar-refractivity contribution is -0.128. The van der Waals surface area contributed by atoms with Crippen molar-refractivity contribution in [2.75, 3.05) is 23.0 Å². The molecule has 16 rings (SSSR count). The van der Waals surface area contributed by atoms with E-state index in [1.807, 2.05) is 12.2 Å². The lowest BCUT2D eigenvalue weighted by Crippen LogP contribution is -2.35. The van der Waals surface area contributed by atoms with E-state index in [0.29, 0.717) is 170 Å². The Kier molecular flexibility index (Phi) is 42.8. The van der Waals surface area contributed by atoms with E-state index in [4.69, 9.17) is 0 Å². The molecular weight excluding hydrogens is 1920 g/mol. The number of carbonyl (C=O) groups is 6. The number of aliphatic hydroxyl groups excluding tert-OH is 10.